The van der Waals surface area contributed by atoms with Crippen LogP contribution in [0.3, 0.4) is 0 Å². The molecule has 8 nitrogen and oxygen atoms in total. The van der Waals surface area contributed by atoms with Gasteiger partial charge in [-0.1, -0.05) is 173 Å². The van der Waals surface area contributed by atoms with Crippen LogP contribution in [-0.4, -0.2) is 64.1 Å². The fraction of sp³-hybridized carbons (Fsp3) is 0.848. The molecule has 9 heteroatoms. The molecule has 0 N–H and O–H groups in total. The van der Waals surface area contributed by atoms with Crippen LogP contribution in [0.4, 0.5) is 0 Å². The molecule has 1 unspecified atom stereocenters. The SMILES string of the molecule is CCCCCC/C=C/C=C/CCCCCCCC(=O)O[C@H](CO/C=C/CCCCCCCCCCCCCCCCCC)COP(=O)([O-])OCC[N+](C)(C)C. The first-order valence-electron chi connectivity index (χ1n) is 22.8. The van der Waals surface area contributed by atoms with Crippen LogP contribution in [0.15, 0.2) is 36.6 Å². The molecule has 0 amide bonds. The van der Waals surface area contributed by atoms with Crippen LogP contribution in [0.2, 0.25) is 0 Å². The number of nitrogens with zero attached hydrogens (tertiary/aromatic N) is 1. The third-order valence-corrected chi connectivity index (χ3v) is 10.8. The van der Waals surface area contributed by atoms with Crippen molar-refractivity contribution in [2.75, 3.05) is 47.5 Å². The highest BCUT2D eigenvalue weighted by Crippen LogP contribution is 2.38. The Labute approximate surface area is 340 Å². The summed E-state index contributed by atoms with van der Waals surface area (Å²) >= 11 is 0. The summed E-state index contributed by atoms with van der Waals surface area (Å²) in [6.07, 6.45) is 46.8. The van der Waals surface area contributed by atoms with Crippen molar-refractivity contribution in [1.29, 1.82) is 0 Å². The molecular formula is C46H88NO7P. The van der Waals surface area contributed by atoms with Crippen molar-refractivity contribution in [3.8, 4) is 0 Å². The number of phosphoric ester groups is 1. The Morgan fingerprint density at radius 2 is 1.00 bits per heavy atom. The van der Waals surface area contributed by atoms with Crippen molar-refractivity contribution in [1.82, 2.24) is 0 Å². The molecule has 2 atom stereocenters. The van der Waals surface area contributed by atoms with Crippen molar-refractivity contribution < 1.29 is 37.3 Å². The molecule has 0 saturated carbocycles. The van der Waals surface area contributed by atoms with Crippen molar-refractivity contribution in [2.24, 2.45) is 0 Å². The number of rotatable bonds is 42. The van der Waals surface area contributed by atoms with Crippen LogP contribution in [-0.2, 0) is 27.9 Å². The zero-order valence-electron chi connectivity index (χ0n) is 36.6. The van der Waals surface area contributed by atoms with Crippen molar-refractivity contribution in [3.05, 3.63) is 36.6 Å². The maximum Gasteiger partial charge on any atom is 0.306 e. The monoisotopic (exact) mass is 798 g/mol. The zero-order valence-corrected chi connectivity index (χ0v) is 37.5. The number of unbranched alkanes of at least 4 members (excludes halogenated alkanes) is 25. The van der Waals surface area contributed by atoms with Gasteiger partial charge in [-0.2, -0.15) is 0 Å². The van der Waals surface area contributed by atoms with E-state index in [0.29, 0.717) is 11.0 Å². The second-order valence-corrected chi connectivity index (χ2v) is 17.9. The highest BCUT2D eigenvalue weighted by atomic mass is 31.2. The van der Waals surface area contributed by atoms with Gasteiger partial charge in [-0.25, -0.2) is 0 Å². The lowest BCUT2D eigenvalue weighted by Crippen LogP contribution is -2.37. The third kappa shape index (κ3) is 43.5. The van der Waals surface area contributed by atoms with Crippen LogP contribution < -0.4 is 4.89 Å². The van der Waals surface area contributed by atoms with E-state index in [0.717, 1.165) is 57.8 Å². The molecule has 0 aliphatic heterocycles. The summed E-state index contributed by atoms with van der Waals surface area (Å²) in [5, 5.41) is 0. The van der Waals surface area contributed by atoms with Gasteiger partial charge in [-0.3, -0.25) is 9.36 Å². The van der Waals surface area contributed by atoms with Crippen LogP contribution in [0.5, 0.6) is 0 Å². The van der Waals surface area contributed by atoms with Crippen molar-refractivity contribution >= 4 is 13.8 Å². The second kappa shape index (κ2) is 39.4. The van der Waals surface area contributed by atoms with E-state index in [4.69, 9.17) is 18.5 Å². The number of hydrogen-bond donors (Lipinski definition) is 0. The molecule has 0 aromatic heterocycles. The van der Waals surface area contributed by atoms with Gasteiger partial charge >= 0.3 is 5.97 Å². The van der Waals surface area contributed by atoms with E-state index < -0.39 is 13.9 Å². The minimum absolute atomic E-state index is 0.0137. The molecule has 0 heterocycles. The number of likely N-dealkylation sites (N-methyl/N-ethyl adjacent to an activating group) is 1. The summed E-state index contributed by atoms with van der Waals surface area (Å²) in [5.74, 6) is -0.370. The summed E-state index contributed by atoms with van der Waals surface area (Å²) in [7, 11) is 1.32. The number of ether oxygens (including phenoxy) is 2. The quantitative estimate of drug-likeness (QED) is 0.0152. The molecule has 0 rings (SSSR count). The van der Waals surface area contributed by atoms with Crippen LogP contribution in [0.1, 0.15) is 200 Å². The van der Waals surface area contributed by atoms with E-state index in [2.05, 4.69) is 38.2 Å². The molecular weight excluding hydrogens is 709 g/mol. The van der Waals surface area contributed by atoms with Crippen molar-refractivity contribution in [3.63, 3.8) is 0 Å². The van der Waals surface area contributed by atoms with Gasteiger partial charge in [0, 0.05) is 6.42 Å². The molecule has 55 heavy (non-hydrogen) atoms. The Bertz CT molecular complexity index is 978. The van der Waals surface area contributed by atoms with Gasteiger partial charge in [0.2, 0.25) is 0 Å². The van der Waals surface area contributed by atoms with Gasteiger partial charge in [0.1, 0.15) is 19.8 Å². The largest absolute Gasteiger partial charge is 0.756 e. The summed E-state index contributed by atoms with van der Waals surface area (Å²) in [6.45, 7) is 4.71. The maximum absolute atomic E-state index is 12.7. The first kappa shape index (κ1) is 53.6. The molecule has 0 spiro atoms. The van der Waals surface area contributed by atoms with E-state index in [1.165, 1.54) is 122 Å². The third-order valence-electron chi connectivity index (χ3n) is 9.79. The molecule has 0 fully saturated rings. The topological polar surface area (TPSA) is 94.1 Å². The van der Waals surface area contributed by atoms with Gasteiger partial charge in [0.15, 0.2) is 6.10 Å². The number of phosphoric acid groups is 1. The number of allylic oxidation sites excluding steroid dienone is 5. The average Bonchev–Trinajstić information content (AvgIpc) is 3.13. The number of quaternary nitrogens is 1. The predicted molar refractivity (Wildman–Crippen MR) is 231 cm³/mol. The van der Waals surface area contributed by atoms with E-state index in [1.54, 1.807) is 6.26 Å². The minimum atomic E-state index is -4.54. The predicted octanol–water partition coefficient (Wildman–Crippen LogP) is 13.1. The van der Waals surface area contributed by atoms with Crippen LogP contribution >= 0.6 is 7.82 Å². The number of carbonyl (C=O) groups is 1. The molecule has 0 aromatic carbocycles. The van der Waals surface area contributed by atoms with Crippen LogP contribution in [0.25, 0.3) is 0 Å². The Balaban J connectivity index is 4.27. The lowest BCUT2D eigenvalue weighted by Gasteiger charge is -2.28. The van der Waals surface area contributed by atoms with E-state index in [9.17, 15) is 14.3 Å². The van der Waals surface area contributed by atoms with E-state index >= 15 is 0 Å². The standard InChI is InChI=1S/C46H88NO7P/c1-6-8-10-12-14-16-18-20-22-23-24-26-28-30-32-34-36-38-41-51-43-45(44-53-55(49,50)52-42-40-47(3,4)5)54-46(48)39-37-35-33-31-29-27-25-21-19-17-15-13-11-9-7-2/h17,19,21,25,38,41,45H,6-16,18,20,22-24,26-37,39-40,42-44H2,1-5H3/b19-17+,25-21+,41-38+/t45-/m1/s1. The van der Waals surface area contributed by atoms with Gasteiger partial charge < -0.3 is 27.9 Å². The first-order chi connectivity index (χ1) is 26.6. The van der Waals surface area contributed by atoms with E-state index in [-0.39, 0.29) is 32.2 Å². The molecule has 0 saturated heterocycles. The van der Waals surface area contributed by atoms with Gasteiger partial charge in [0.25, 0.3) is 7.82 Å². The lowest BCUT2D eigenvalue weighted by atomic mass is 10.0. The molecule has 0 bridgehead atoms. The number of hydrogen-bond acceptors (Lipinski definition) is 7. The summed E-state index contributed by atoms with van der Waals surface area (Å²) in [5.41, 5.74) is 0. The molecule has 0 aromatic rings. The minimum Gasteiger partial charge on any atom is -0.756 e. The summed E-state index contributed by atoms with van der Waals surface area (Å²) < 4.78 is 34.3. The molecule has 0 aliphatic carbocycles. The first-order valence-corrected chi connectivity index (χ1v) is 24.2. The van der Waals surface area contributed by atoms with Crippen molar-refractivity contribution in [2.45, 2.75) is 206 Å². The fourth-order valence-electron chi connectivity index (χ4n) is 6.21. The average molecular weight is 798 g/mol. The zero-order chi connectivity index (χ0) is 40.6. The molecule has 0 aliphatic rings. The van der Waals surface area contributed by atoms with Crippen LogP contribution in [0, 0.1) is 0 Å². The maximum atomic E-state index is 12.7. The van der Waals surface area contributed by atoms with Gasteiger partial charge in [0.05, 0.1) is 34.0 Å². The van der Waals surface area contributed by atoms with E-state index in [1.807, 2.05) is 27.2 Å². The summed E-state index contributed by atoms with van der Waals surface area (Å²) in [6, 6.07) is 0. The Kier molecular flexibility index (Phi) is 38.4. The van der Waals surface area contributed by atoms with Gasteiger partial charge in [-0.15, -0.1) is 0 Å². The second-order valence-electron chi connectivity index (χ2n) is 16.5. The molecule has 0 radical (unpaired) electrons. The normalized spacial score (nSPS) is 14.0. The van der Waals surface area contributed by atoms with Gasteiger partial charge in [-0.05, 0) is 51.0 Å². The summed E-state index contributed by atoms with van der Waals surface area (Å²) in [4.78, 5) is 25.0. The Morgan fingerprint density at radius 1 is 0.582 bits per heavy atom. The number of esters is 1. The highest BCUT2D eigenvalue weighted by molar-refractivity contribution is 7.45. The number of carbonyl (C=O) groups excluding carboxylic acids is 1. The Hall–Kier alpha value is -1.44. The smallest absolute Gasteiger partial charge is 0.306 e. The lowest BCUT2D eigenvalue weighted by molar-refractivity contribution is -0.870. The highest BCUT2D eigenvalue weighted by Gasteiger charge is 2.20. The molecule has 324 valence electrons. The fourth-order valence-corrected chi connectivity index (χ4v) is 6.94. The Morgan fingerprint density at radius 3 is 1.47 bits per heavy atom.